The fourth-order valence-electron chi connectivity index (χ4n) is 1.42. The summed E-state index contributed by atoms with van der Waals surface area (Å²) in [6, 6.07) is 6.70. The first kappa shape index (κ1) is 8.52. The summed E-state index contributed by atoms with van der Waals surface area (Å²) in [6.07, 6.45) is 1.35. The molecule has 68 valence electrons. The van der Waals surface area contributed by atoms with E-state index in [-0.39, 0.29) is 5.43 Å². The van der Waals surface area contributed by atoms with Gasteiger partial charge in [0.1, 0.15) is 11.7 Å². The van der Waals surface area contributed by atoms with Crippen LogP contribution in [0, 0.1) is 18.3 Å². The zero-order valence-electron chi connectivity index (χ0n) is 7.57. The van der Waals surface area contributed by atoms with Crippen molar-refractivity contribution in [1.82, 2.24) is 0 Å². The third-order valence-corrected chi connectivity index (χ3v) is 2.13. The van der Waals surface area contributed by atoms with Gasteiger partial charge in [0.2, 0.25) is 0 Å². The molecule has 0 amide bonds. The lowest BCUT2D eigenvalue weighted by Crippen LogP contribution is -2.01. The van der Waals surface area contributed by atoms with Crippen LogP contribution in [0.1, 0.15) is 11.1 Å². The highest BCUT2D eigenvalue weighted by atomic mass is 16.3. The van der Waals surface area contributed by atoms with Gasteiger partial charge in [-0.2, -0.15) is 5.26 Å². The van der Waals surface area contributed by atoms with E-state index >= 15 is 0 Å². The Kier molecular flexibility index (Phi) is 1.83. The van der Waals surface area contributed by atoms with Gasteiger partial charge in [0.15, 0.2) is 5.43 Å². The first-order valence-electron chi connectivity index (χ1n) is 4.15. The molecule has 0 aliphatic heterocycles. The van der Waals surface area contributed by atoms with Crippen LogP contribution in [0.15, 0.2) is 33.7 Å². The van der Waals surface area contributed by atoms with E-state index in [1.54, 1.807) is 12.1 Å². The highest BCUT2D eigenvalue weighted by molar-refractivity contribution is 5.85. The summed E-state index contributed by atoms with van der Waals surface area (Å²) in [7, 11) is 0. The predicted octanol–water partition coefficient (Wildman–Crippen LogP) is 1.97. The van der Waals surface area contributed by atoms with Crippen LogP contribution in [0.5, 0.6) is 0 Å². The number of nitrogens with zero attached hydrogens (tertiary/aromatic N) is 1. The van der Waals surface area contributed by atoms with E-state index in [1.807, 2.05) is 13.0 Å². The van der Waals surface area contributed by atoms with Gasteiger partial charge in [-0.05, 0) is 18.6 Å². The van der Waals surface area contributed by atoms with Gasteiger partial charge < -0.3 is 4.42 Å². The SMILES string of the molecule is Cc1ccc(C#N)c2c(=O)ccoc12. The van der Waals surface area contributed by atoms with Crippen molar-refractivity contribution in [3.63, 3.8) is 0 Å². The van der Waals surface area contributed by atoms with E-state index in [2.05, 4.69) is 0 Å². The maximum absolute atomic E-state index is 11.5. The topological polar surface area (TPSA) is 54.0 Å². The highest BCUT2D eigenvalue weighted by Crippen LogP contribution is 2.18. The molecular weight excluding hydrogens is 178 g/mol. The fourth-order valence-corrected chi connectivity index (χ4v) is 1.42. The van der Waals surface area contributed by atoms with Crippen LogP contribution >= 0.6 is 0 Å². The van der Waals surface area contributed by atoms with Gasteiger partial charge in [-0.25, -0.2) is 0 Å². The molecule has 0 unspecified atom stereocenters. The van der Waals surface area contributed by atoms with E-state index in [4.69, 9.17) is 9.68 Å². The van der Waals surface area contributed by atoms with Gasteiger partial charge in [-0.1, -0.05) is 6.07 Å². The molecule has 0 aliphatic carbocycles. The van der Waals surface area contributed by atoms with Gasteiger partial charge in [-0.15, -0.1) is 0 Å². The first-order valence-corrected chi connectivity index (χ1v) is 4.15. The normalized spacial score (nSPS) is 10.0. The number of benzene rings is 1. The van der Waals surface area contributed by atoms with Crippen LogP contribution in [0.3, 0.4) is 0 Å². The summed E-state index contributed by atoms with van der Waals surface area (Å²) in [4.78, 5) is 11.5. The van der Waals surface area contributed by atoms with Gasteiger partial charge in [-0.3, -0.25) is 4.79 Å². The number of aryl methyl sites for hydroxylation is 1. The Morgan fingerprint density at radius 2 is 2.14 bits per heavy atom. The lowest BCUT2D eigenvalue weighted by atomic mass is 10.1. The molecule has 0 saturated heterocycles. The Hall–Kier alpha value is -2.08. The maximum Gasteiger partial charge on any atom is 0.194 e. The van der Waals surface area contributed by atoms with Crippen molar-refractivity contribution >= 4 is 11.0 Å². The summed E-state index contributed by atoms with van der Waals surface area (Å²) in [5.41, 5.74) is 1.54. The summed E-state index contributed by atoms with van der Waals surface area (Å²) < 4.78 is 5.21. The van der Waals surface area contributed by atoms with E-state index < -0.39 is 0 Å². The maximum atomic E-state index is 11.5. The molecule has 1 aromatic heterocycles. The van der Waals surface area contributed by atoms with Crippen molar-refractivity contribution in [2.75, 3.05) is 0 Å². The minimum Gasteiger partial charge on any atom is -0.464 e. The molecule has 0 fully saturated rings. The Morgan fingerprint density at radius 1 is 1.36 bits per heavy atom. The largest absolute Gasteiger partial charge is 0.464 e. The monoisotopic (exact) mass is 185 g/mol. The minimum absolute atomic E-state index is 0.175. The Labute approximate surface area is 80.2 Å². The average molecular weight is 185 g/mol. The number of fused-ring (bicyclic) bond motifs is 1. The van der Waals surface area contributed by atoms with Crippen LogP contribution in [0.25, 0.3) is 11.0 Å². The van der Waals surface area contributed by atoms with Gasteiger partial charge in [0.05, 0.1) is 17.2 Å². The molecule has 1 heterocycles. The molecule has 0 bridgehead atoms. The molecule has 0 spiro atoms. The van der Waals surface area contributed by atoms with Gasteiger partial charge >= 0.3 is 0 Å². The van der Waals surface area contributed by atoms with Crippen LogP contribution < -0.4 is 5.43 Å². The summed E-state index contributed by atoms with van der Waals surface area (Å²) in [5.74, 6) is 0. The van der Waals surface area contributed by atoms with Crippen LogP contribution in [0.2, 0.25) is 0 Å². The molecule has 2 aromatic rings. The molecule has 14 heavy (non-hydrogen) atoms. The van der Waals surface area contributed by atoms with Crippen LogP contribution in [-0.4, -0.2) is 0 Å². The lowest BCUT2D eigenvalue weighted by molar-refractivity contribution is 0.600. The Bertz CT molecular complexity index is 590. The number of rotatable bonds is 0. The minimum atomic E-state index is -0.175. The van der Waals surface area contributed by atoms with Crippen LogP contribution in [0.4, 0.5) is 0 Å². The first-order chi connectivity index (χ1) is 6.74. The third kappa shape index (κ3) is 1.09. The second kappa shape index (κ2) is 3.00. The van der Waals surface area contributed by atoms with Gasteiger partial charge in [0, 0.05) is 6.07 Å². The zero-order chi connectivity index (χ0) is 10.1. The molecule has 1 aromatic carbocycles. The Morgan fingerprint density at radius 3 is 2.86 bits per heavy atom. The molecule has 2 rings (SSSR count). The van der Waals surface area contributed by atoms with Crippen molar-refractivity contribution in [3.05, 3.63) is 45.8 Å². The van der Waals surface area contributed by atoms with E-state index in [1.165, 1.54) is 12.3 Å². The smallest absolute Gasteiger partial charge is 0.194 e. The predicted molar refractivity (Wildman–Crippen MR) is 51.9 cm³/mol. The van der Waals surface area contributed by atoms with Gasteiger partial charge in [0.25, 0.3) is 0 Å². The lowest BCUT2D eigenvalue weighted by Gasteiger charge is -2.00. The molecular formula is C11H7NO2. The molecule has 3 heteroatoms. The average Bonchev–Trinajstić information content (AvgIpc) is 2.20. The quantitative estimate of drug-likeness (QED) is 0.630. The summed E-state index contributed by atoms with van der Waals surface area (Å²) >= 11 is 0. The molecule has 0 aliphatic rings. The summed E-state index contributed by atoms with van der Waals surface area (Å²) in [6.45, 7) is 1.84. The number of hydrogen-bond acceptors (Lipinski definition) is 3. The van der Waals surface area contributed by atoms with Crippen molar-refractivity contribution in [2.45, 2.75) is 6.92 Å². The van der Waals surface area contributed by atoms with Crippen molar-refractivity contribution < 1.29 is 4.42 Å². The van der Waals surface area contributed by atoms with Crippen molar-refractivity contribution in [2.24, 2.45) is 0 Å². The van der Waals surface area contributed by atoms with Crippen molar-refractivity contribution in [3.8, 4) is 6.07 Å². The van der Waals surface area contributed by atoms with Crippen molar-refractivity contribution in [1.29, 1.82) is 5.26 Å². The molecule has 0 atom stereocenters. The second-order valence-electron chi connectivity index (χ2n) is 3.03. The fraction of sp³-hybridized carbons (Fsp3) is 0.0909. The third-order valence-electron chi connectivity index (χ3n) is 2.13. The van der Waals surface area contributed by atoms with E-state index in [0.717, 1.165) is 5.56 Å². The molecule has 0 saturated carbocycles. The van der Waals surface area contributed by atoms with E-state index in [9.17, 15) is 4.79 Å². The molecule has 0 radical (unpaired) electrons. The van der Waals surface area contributed by atoms with Crippen LogP contribution in [-0.2, 0) is 0 Å². The number of hydrogen-bond donors (Lipinski definition) is 0. The second-order valence-corrected chi connectivity index (χ2v) is 3.03. The number of nitriles is 1. The molecule has 3 nitrogen and oxygen atoms in total. The zero-order valence-corrected chi connectivity index (χ0v) is 7.57. The molecule has 0 N–H and O–H groups in total. The Balaban J connectivity index is 3.10. The van der Waals surface area contributed by atoms with E-state index in [0.29, 0.717) is 16.5 Å². The highest BCUT2D eigenvalue weighted by Gasteiger charge is 2.07. The summed E-state index contributed by atoms with van der Waals surface area (Å²) in [5, 5.41) is 9.19. The standard InChI is InChI=1S/C11H7NO2/c1-7-2-3-8(6-12)10-9(13)4-5-14-11(7)10/h2-5H,1H3.